The molecule has 0 spiro atoms. The van der Waals surface area contributed by atoms with Gasteiger partial charge in [0.1, 0.15) is 5.75 Å². The summed E-state index contributed by atoms with van der Waals surface area (Å²) in [5.74, 6) is 1.12. The Morgan fingerprint density at radius 1 is 1.19 bits per heavy atom. The van der Waals surface area contributed by atoms with Gasteiger partial charge in [0.2, 0.25) is 5.78 Å². The molecule has 1 aromatic carbocycles. The Morgan fingerprint density at radius 2 is 1.92 bits per heavy atom. The molecule has 26 heavy (non-hydrogen) atoms. The number of halogens is 1. The molecule has 0 aliphatic rings. The molecule has 4 rings (SSSR count). The van der Waals surface area contributed by atoms with Crippen LogP contribution in [0.25, 0.3) is 22.6 Å². The molecule has 0 aliphatic carbocycles. The Kier molecular flexibility index (Phi) is 3.48. The highest BCUT2D eigenvalue weighted by Crippen LogP contribution is 2.31. The molecular weight excluding hydrogens is 358 g/mol. The quantitative estimate of drug-likeness (QED) is 0.581. The minimum absolute atomic E-state index is 0.312. The number of benzene rings is 1. The number of rotatable bonds is 2. The van der Waals surface area contributed by atoms with Crippen LogP contribution in [0.3, 0.4) is 0 Å². The van der Waals surface area contributed by atoms with Gasteiger partial charge in [0.25, 0.3) is 5.56 Å². The molecule has 1 N–H and O–H groups in total. The van der Waals surface area contributed by atoms with Crippen molar-refractivity contribution in [2.24, 2.45) is 7.05 Å². The van der Waals surface area contributed by atoms with Crippen LogP contribution in [0.1, 0.15) is 11.4 Å². The van der Waals surface area contributed by atoms with Crippen molar-refractivity contribution in [1.29, 1.82) is 0 Å². The molecule has 4 aromatic rings. The van der Waals surface area contributed by atoms with E-state index in [0.717, 1.165) is 11.4 Å². The standard InChI is InChI=1S/C17H16ClN5O3/c1-8-9(2)23-13-14(21(3)17(25)20-15(13)24)19-16(23)22(8)11-7-10(18)5-6-12(11)26-4/h5-7H,1-4H3,(H,20,24,25). The Labute approximate surface area is 152 Å². The normalized spacial score (nSPS) is 11.6. The van der Waals surface area contributed by atoms with E-state index in [9.17, 15) is 9.59 Å². The number of ether oxygens (including phenoxy) is 1. The number of nitrogens with zero attached hydrogens (tertiary/aromatic N) is 4. The van der Waals surface area contributed by atoms with E-state index < -0.39 is 11.2 Å². The third kappa shape index (κ3) is 2.05. The van der Waals surface area contributed by atoms with Gasteiger partial charge in [-0.05, 0) is 32.0 Å². The van der Waals surface area contributed by atoms with Crippen LogP contribution in [0.4, 0.5) is 0 Å². The molecule has 3 aromatic heterocycles. The fourth-order valence-corrected chi connectivity index (χ4v) is 3.40. The van der Waals surface area contributed by atoms with E-state index in [1.54, 1.807) is 36.8 Å². The Morgan fingerprint density at radius 3 is 2.62 bits per heavy atom. The molecule has 0 radical (unpaired) electrons. The number of fused-ring (bicyclic) bond motifs is 3. The van der Waals surface area contributed by atoms with Gasteiger partial charge in [0.05, 0.1) is 12.8 Å². The van der Waals surface area contributed by atoms with Crippen LogP contribution < -0.4 is 16.0 Å². The average Bonchev–Trinajstić information content (AvgIpc) is 3.10. The zero-order valence-electron chi connectivity index (χ0n) is 14.6. The van der Waals surface area contributed by atoms with Crippen molar-refractivity contribution in [3.05, 3.63) is 55.4 Å². The number of aromatic nitrogens is 5. The Hall–Kier alpha value is -3.00. The predicted molar refractivity (Wildman–Crippen MR) is 98.9 cm³/mol. The summed E-state index contributed by atoms with van der Waals surface area (Å²) in [5.41, 5.74) is 2.05. The molecule has 8 nitrogen and oxygen atoms in total. The summed E-state index contributed by atoms with van der Waals surface area (Å²) in [5, 5.41) is 0.547. The van der Waals surface area contributed by atoms with Crippen molar-refractivity contribution in [3.8, 4) is 11.4 Å². The van der Waals surface area contributed by atoms with Crippen molar-refractivity contribution in [1.82, 2.24) is 23.5 Å². The summed E-state index contributed by atoms with van der Waals surface area (Å²) in [6.45, 7) is 3.81. The number of hydrogen-bond donors (Lipinski definition) is 1. The second-order valence-corrected chi connectivity index (χ2v) is 6.50. The van der Waals surface area contributed by atoms with Crippen LogP contribution in [-0.2, 0) is 7.05 Å². The van der Waals surface area contributed by atoms with Crippen LogP contribution in [0.15, 0.2) is 27.8 Å². The number of hydrogen-bond acceptors (Lipinski definition) is 4. The fraction of sp³-hybridized carbons (Fsp3) is 0.235. The highest BCUT2D eigenvalue weighted by Gasteiger charge is 2.22. The molecule has 0 unspecified atom stereocenters. The zero-order valence-corrected chi connectivity index (χ0v) is 15.4. The van der Waals surface area contributed by atoms with Crippen LogP contribution in [-0.4, -0.2) is 30.6 Å². The van der Waals surface area contributed by atoms with E-state index >= 15 is 0 Å². The third-order valence-electron chi connectivity index (χ3n) is 4.68. The molecule has 0 fully saturated rings. The molecule has 3 heterocycles. The summed E-state index contributed by atoms with van der Waals surface area (Å²) in [6.07, 6.45) is 0. The molecule has 0 bridgehead atoms. The molecule has 9 heteroatoms. The molecule has 0 atom stereocenters. The predicted octanol–water partition coefficient (Wildman–Crippen LogP) is 1.94. The van der Waals surface area contributed by atoms with Gasteiger partial charge < -0.3 is 4.74 Å². The zero-order chi connectivity index (χ0) is 18.7. The first kappa shape index (κ1) is 16.5. The molecular formula is C17H16ClN5O3. The molecule has 134 valence electrons. The summed E-state index contributed by atoms with van der Waals surface area (Å²) < 4.78 is 10.4. The van der Waals surface area contributed by atoms with E-state index in [4.69, 9.17) is 16.3 Å². The summed E-state index contributed by atoms with van der Waals surface area (Å²) in [4.78, 5) is 31.2. The number of aryl methyl sites for hydroxylation is 2. The van der Waals surface area contributed by atoms with Gasteiger partial charge in [-0.3, -0.25) is 23.3 Å². The van der Waals surface area contributed by atoms with Gasteiger partial charge in [-0.15, -0.1) is 0 Å². The van der Waals surface area contributed by atoms with Crippen molar-refractivity contribution < 1.29 is 4.74 Å². The number of H-pyrrole nitrogens is 1. The van der Waals surface area contributed by atoms with Crippen molar-refractivity contribution >= 4 is 28.5 Å². The summed E-state index contributed by atoms with van der Waals surface area (Å²) in [6, 6.07) is 5.28. The van der Waals surface area contributed by atoms with Crippen LogP contribution in [0.2, 0.25) is 5.02 Å². The lowest BCUT2D eigenvalue weighted by Gasteiger charge is -2.12. The van der Waals surface area contributed by atoms with Crippen molar-refractivity contribution in [2.75, 3.05) is 7.11 Å². The van der Waals surface area contributed by atoms with Crippen LogP contribution in [0, 0.1) is 13.8 Å². The first-order valence-electron chi connectivity index (χ1n) is 7.88. The van der Waals surface area contributed by atoms with E-state index in [-0.39, 0.29) is 0 Å². The second kappa shape index (κ2) is 5.50. The van der Waals surface area contributed by atoms with E-state index in [1.807, 2.05) is 18.4 Å². The van der Waals surface area contributed by atoms with Gasteiger partial charge in [0, 0.05) is 23.5 Å². The topological polar surface area (TPSA) is 86.3 Å². The number of aromatic amines is 1. The molecule has 0 aliphatic heterocycles. The summed E-state index contributed by atoms with van der Waals surface area (Å²) in [7, 11) is 3.14. The lowest BCUT2D eigenvalue weighted by atomic mass is 10.2. The third-order valence-corrected chi connectivity index (χ3v) is 4.91. The molecule has 0 amide bonds. The van der Waals surface area contributed by atoms with Gasteiger partial charge in [0.15, 0.2) is 11.2 Å². The lowest BCUT2D eigenvalue weighted by Crippen LogP contribution is -2.28. The number of imidazole rings is 2. The highest BCUT2D eigenvalue weighted by atomic mass is 35.5. The Balaban J connectivity index is 2.24. The minimum atomic E-state index is -0.510. The van der Waals surface area contributed by atoms with Gasteiger partial charge in [-0.2, -0.15) is 4.98 Å². The van der Waals surface area contributed by atoms with Gasteiger partial charge in [-0.25, -0.2) is 4.79 Å². The largest absolute Gasteiger partial charge is 0.495 e. The monoisotopic (exact) mass is 373 g/mol. The van der Waals surface area contributed by atoms with Crippen LogP contribution in [0.5, 0.6) is 5.75 Å². The maximum atomic E-state index is 12.4. The minimum Gasteiger partial charge on any atom is -0.495 e. The molecule has 0 saturated heterocycles. The first-order chi connectivity index (χ1) is 12.3. The number of methoxy groups -OCH3 is 1. The summed E-state index contributed by atoms with van der Waals surface area (Å²) >= 11 is 6.19. The van der Waals surface area contributed by atoms with E-state index in [2.05, 4.69) is 9.97 Å². The SMILES string of the molecule is COc1ccc(Cl)cc1-n1c(C)c(C)n2c3c(=O)[nH]c(=O)n(C)c3nc12. The highest BCUT2D eigenvalue weighted by molar-refractivity contribution is 6.30. The van der Waals surface area contributed by atoms with Gasteiger partial charge >= 0.3 is 5.69 Å². The first-order valence-corrected chi connectivity index (χ1v) is 8.26. The van der Waals surface area contributed by atoms with Crippen molar-refractivity contribution in [2.45, 2.75) is 13.8 Å². The molecule has 0 saturated carbocycles. The maximum absolute atomic E-state index is 12.4. The maximum Gasteiger partial charge on any atom is 0.329 e. The van der Waals surface area contributed by atoms with Gasteiger partial charge in [-0.1, -0.05) is 11.6 Å². The van der Waals surface area contributed by atoms with Crippen LogP contribution >= 0.6 is 11.6 Å². The van der Waals surface area contributed by atoms with Crippen molar-refractivity contribution in [3.63, 3.8) is 0 Å². The fourth-order valence-electron chi connectivity index (χ4n) is 3.24. The average molecular weight is 374 g/mol. The lowest BCUT2D eigenvalue weighted by molar-refractivity contribution is 0.413. The van der Waals surface area contributed by atoms with E-state index in [0.29, 0.717) is 33.4 Å². The van der Waals surface area contributed by atoms with E-state index in [1.165, 1.54) is 4.57 Å². The smallest absolute Gasteiger partial charge is 0.329 e. The Bertz CT molecular complexity index is 1310. The second-order valence-electron chi connectivity index (χ2n) is 6.06. The number of nitrogens with one attached hydrogen (secondary N) is 1.